The summed E-state index contributed by atoms with van der Waals surface area (Å²) < 4.78 is 23.3. The van der Waals surface area contributed by atoms with Crippen LogP contribution in [0.2, 0.25) is 0 Å². The fraction of sp³-hybridized carbons (Fsp3) is 1.00. The number of hydrogen-bond acceptors (Lipinski definition) is 5. The SMILES string of the molecule is CCCNC(CCCS(=O)(=O)CC)C1CN(C)CCN1C. The van der Waals surface area contributed by atoms with Crippen molar-refractivity contribution in [3.8, 4) is 0 Å². The summed E-state index contributed by atoms with van der Waals surface area (Å²) in [5.41, 5.74) is 0. The zero-order valence-corrected chi connectivity index (χ0v) is 15.0. The minimum atomic E-state index is -2.84. The van der Waals surface area contributed by atoms with E-state index < -0.39 is 9.84 Å². The van der Waals surface area contributed by atoms with Crippen molar-refractivity contribution >= 4 is 9.84 Å². The Bertz CT molecular complexity index is 386. The number of nitrogens with one attached hydrogen (secondary N) is 1. The predicted octanol–water partition coefficient (Wildman–Crippen LogP) is 0.815. The molecule has 0 amide bonds. The molecule has 0 aromatic rings. The van der Waals surface area contributed by atoms with Gasteiger partial charge in [0.15, 0.2) is 0 Å². The van der Waals surface area contributed by atoms with E-state index in [4.69, 9.17) is 0 Å². The van der Waals surface area contributed by atoms with Crippen molar-refractivity contribution < 1.29 is 8.42 Å². The average Bonchev–Trinajstić information content (AvgIpc) is 2.45. The smallest absolute Gasteiger partial charge is 0.150 e. The van der Waals surface area contributed by atoms with E-state index in [9.17, 15) is 8.42 Å². The average molecular weight is 320 g/mol. The second kappa shape index (κ2) is 9.08. The number of sulfone groups is 1. The van der Waals surface area contributed by atoms with Gasteiger partial charge in [0.25, 0.3) is 0 Å². The highest BCUT2D eigenvalue weighted by atomic mass is 32.2. The molecule has 126 valence electrons. The Morgan fingerprint density at radius 2 is 1.95 bits per heavy atom. The molecule has 1 heterocycles. The lowest BCUT2D eigenvalue weighted by atomic mass is 9.99. The van der Waals surface area contributed by atoms with Gasteiger partial charge in [0.05, 0.1) is 5.75 Å². The first-order chi connectivity index (χ1) is 9.89. The molecule has 1 fully saturated rings. The number of nitrogens with zero attached hydrogens (tertiary/aromatic N) is 2. The van der Waals surface area contributed by atoms with E-state index in [0.29, 0.717) is 17.8 Å². The van der Waals surface area contributed by atoms with E-state index in [1.807, 2.05) is 0 Å². The van der Waals surface area contributed by atoms with Crippen molar-refractivity contribution in [1.29, 1.82) is 0 Å². The van der Waals surface area contributed by atoms with Gasteiger partial charge in [-0.2, -0.15) is 0 Å². The molecule has 0 spiro atoms. The molecule has 1 aliphatic heterocycles. The predicted molar refractivity (Wildman–Crippen MR) is 89.6 cm³/mol. The summed E-state index contributed by atoms with van der Waals surface area (Å²) in [5.74, 6) is 0.576. The topological polar surface area (TPSA) is 52.7 Å². The minimum Gasteiger partial charge on any atom is -0.312 e. The molecule has 1 aliphatic rings. The highest BCUT2D eigenvalue weighted by Crippen LogP contribution is 2.15. The molecule has 21 heavy (non-hydrogen) atoms. The van der Waals surface area contributed by atoms with Crippen LogP contribution < -0.4 is 5.32 Å². The number of piperazine rings is 1. The quantitative estimate of drug-likeness (QED) is 0.682. The molecule has 5 nitrogen and oxygen atoms in total. The molecule has 0 bridgehead atoms. The zero-order valence-electron chi connectivity index (χ0n) is 14.1. The third-order valence-electron chi connectivity index (χ3n) is 4.43. The lowest BCUT2D eigenvalue weighted by Gasteiger charge is -2.42. The fourth-order valence-electron chi connectivity index (χ4n) is 2.91. The van der Waals surface area contributed by atoms with E-state index >= 15 is 0 Å². The van der Waals surface area contributed by atoms with Crippen molar-refractivity contribution in [2.45, 2.75) is 45.2 Å². The van der Waals surface area contributed by atoms with Crippen LogP contribution in [0.5, 0.6) is 0 Å². The first-order valence-electron chi connectivity index (χ1n) is 8.22. The monoisotopic (exact) mass is 319 g/mol. The fourth-order valence-corrected chi connectivity index (χ4v) is 3.80. The first-order valence-corrected chi connectivity index (χ1v) is 10.0. The van der Waals surface area contributed by atoms with Gasteiger partial charge in [0.2, 0.25) is 0 Å². The highest BCUT2D eigenvalue weighted by molar-refractivity contribution is 7.91. The molecule has 0 saturated carbocycles. The van der Waals surface area contributed by atoms with Gasteiger partial charge in [-0.1, -0.05) is 13.8 Å². The summed E-state index contributed by atoms with van der Waals surface area (Å²) in [6.07, 6.45) is 2.80. The molecule has 1 rings (SSSR count). The van der Waals surface area contributed by atoms with Gasteiger partial charge in [-0.25, -0.2) is 8.42 Å². The molecule has 0 aliphatic carbocycles. The van der Waals surface area contributed by atoms with Gasteiger partial charge < -0.3 is 10.2 Å². The van der Waals surface area contributed by atoms with E-state index in [0.717, 1.165) is 45.4 Å². The molecule has 1 saturated heterocycles. The molecule has 0 aromatic carbocycles. The number of rotatable bonds is 9. The summed E-state index contributed by atoms with van der Waals surface area (Å²) in [5, 5.41) is 3.63. The van der Waals surface area contributed by atoms with Gasteiger partial charge >= 0.3 is 0 Å². The van der Waals surface area contributed by atoms with E-state index in [1.165, 1.54) is 0 Å². The Morgan fingerprint density at radius 3 is 2.57 bits per heavy atom. The lowest BCUT2D eigenvalue weighted by molar-refractivity contribution is 0.0851. The maximum absolute atomic E-state index is 11.6. The third-order valence-corrected chi connectivity index (χ3v) is 6.22. The molecular weight excluding hydrogens is 286 g/mol. The van der Waals surface area contributed by atoms with Crippen LogP contribution in [0.1, 0.15) is 33.1 Å². The van der Waals surface area contributed by atoms with Crippen LogP contribution in [0, 0.1) is 0 Å². The van der Waals surface area contributed by atoms with Gasteiger partial charge in [-0.3, -0.25) is 4.90 Å². The first kappa shape index (κ1) is 18.9. The van der Waals surface area contributed by atoms with Crippen molar-refractivity contribution in [1.82, 2.24) is 15.1 Å². The lowest BCUT2D eigenvalue weighted by Crippen LogP contribution is -2.58. The van der Waals surface area contributed by atoms with Crippen molar-refractivity contribution in [3.05, 3.63) is 0 Å². The Balaban J connectivity index is 2.57. The van der Waals surface area contributed by atoms with Crippen LogP contribution in [0.15, 0.2) is 0 Å². The summed E-state index contributed by atoms with van der Waals surface area (Å²) in [6.45, 7) is 8.14. The van der Waals surface area contributed by atoms with Crippen LogP contribution in [-0.2, 0) is 9.84 Å². The van der Waals surface area contributed by atoms with Gasteiger partial charge in [-0.05, 0) is 39.9 Å². The summed E-state index contributed by atoms with van der Waals surface area (Å²) in [4.78, 5) is 4.79. The summed E-state index contributed by atoms with van der Waals surface area (Å²) in [6, 6.07) is 0.851. The molecule has 0 radical (unpaired) electrons. The molecule has 0 aromatic heterocycles. The maximum atomic E-state index is 11.6. The van der Waals surface area contributed by atoms with E-state index in [1.54, 1.807) is 6.92 Å². The maximum Gasteiger partial charge on any atom is 0.150 e. The molecule has 1 N–H and O–H groups in total. The normalized spacial score (nSPS) is 23.3. The van der Waals surface area contributed by atoms with Crippen molar-refractivity contribution in [2.75, 3.05) is 51.8 Å². The highest BCUT2D eigenvalue weighted by Gasteiger charge is 2.29. The molecule has 2 unspecified atom stereocenters. The standard InChI is InChI=1S/C15H33N3O2S/c1-5-9-16-14(8-7-12-21(19,20)6-2)15-13-17(3)10-11-18(15)4/h14-16H,5-13H2,1-4H3. The second-order valence-corrected chi connectivity index (χ2v) is 8.72. The van der Waals surface area contributed by atoms with Gasteiger partial charge in [0, 0.05) is 37.5 Å². The van der Waals surface area contributed by atoms with Gasteiger partial charge in [0.1, 0.15) is 9.84 Å². The van der Waals surface area contributed by atoms with Crippen LogP contribution >= 0.6 is 0 Å². The second-order valence-electron chi connectivity index (χ2n) is 6.25. The van der Waals surface area contributed by atoms with Gasteiger partial charge in [-0.15, -0.1) is 0 Å². The van der Waals surface area contributed by atoms with E-state index in [-0.39, 0.29) is 5.75 Å². The third kappa shape index (κ3) is 6.63. The molecular formula is C15H33N3O2S. The minimum absolute atomic E-state index is 0.256. The van der Waals surface area contributed by atoms with Crippen LogP contribution in [-0.4, -0.2) is 82.1 Å². The Morgan fingerprint density at radius 1 is 1.24 bits per heavy atom. The van der Waals surface area contributed by atoms with Crippen LogP contribution in [0.25, 0.3) is 0 Å². The Labute approximate surface area is 131 Å². The Kier molecular flexibility index (Phi) is 8.16. The van der Waals surface area contributed by atoms with Crippen molar-refractivity contribution in [2.24, 2.45) is 0 Å². The summed E-state index contributed by atoms with van der Waals surface area (Å²) >= 11 is 0. The van der Waals surface area contributed by atoms with Crippen LogP contribution in [0.3, 0.4) is 0 Å². The van der Waals surface area contributed by atoms with E-state index in [2.05, 4.69) is 36.1 Å². The zero-order chi connectivity index (χ0) is 15.9. The van der Waals surface area contributed by atoms with Crippen LogP contribution in [0.4, 0.5) is 0 Å². The summed E-state index contributed by atoms with van der Waals surface area (Å²) in [7, 11) is 1.50. The molecule has 2 atom stereocenters. The number of likely N-dealkylation sites (N-methyl/N-ethyl adjacent to an activating group) is 2. The largest absolute Gasteiger partial charge is 0.312 e. The number of hydrogen-bond donors (Lipinski definition) is 1. The Hall–Kier alpha value is -0.170. The molecule has 6 heteroatoms. The van der Waals surface area contributed by atoms with Crippen molar-refractivity contribution in [3.63, 3.8) is 0 Å².